The van der Waals surface area contributed by atoms with E-state index < -0.39 is 24.8 Å². The van der Waals surface area contributed by atoms with Crippen LogP contribution in [0.25, 0.3) is 11.1 Å². The molecule has 2 aromatic rings. The Morgan fingerprint density at radius 3 is 2.64 bits per heavy atom. The van der Waals surface area contributed by atoms with Gasteiger partial charge in [-0.15, -0.1) is 0 Å². The first-order valence-corrected chi connectivity index (χ1v) is 11.3. The van der Waals surface area contributed by atoms with Gasteiger partial charge in [0.2, 0.25) is 11.8 Å². The number of aryl methyl sites for hydroxylation is 1. The number of halogens is 1. The van der Waals surface area contributed by atoms with Crippen LogP contribution in [0.1, 0.15) is 32.3 Å². The summed E-state index contributed by atoms with van der Waals surface area (Å²) in [6, 6.07) is 9.38. The van der Waals surface area contributed by atoms with Crippen molar-refractivity contribution in [2.75, 3.05) is 25.0 Å². The summed E-state index contributed by atoms with van der Waals surface area (Å²) in [6.07, 6.45) is 0.940. The van der Waals surface area contributed by atoms with E-state index in [2.05, 4.69) is 24.1 Å². The molecule has 0 spiro atoms. The number of hydrogen-bond acceptors (Lipinski definition) is 5. The number of rotatable bonds is 6. The van der Waals surface area contributed by atoms with Crippen molar-refractivity contribution < 1.29 is 23.8 Å². The van der Waals surface area contributed by atoms with Crippen molar-refractivity contribution in [1.29, 1.82) is 0 Å². The van der Waals surface area contributed by atoms with Crippen LogP contribution in [0.3, 0.4) is 0 Å². The van der Waals surface area contributed by atoms with Gasteiger partial charge in [0.25, 0.3) is 0 Å². The lowest BCUT2D eigenvalue weighted by atomic mass is 10.0. The van der Waals surface area contributed by atoms with E-state index in [0.29, 0.717) is 24.5 Å². The first kappa shape index (κ1) is 23.2. The number of piperidine rings is 1. The number of pyridine rings is 1. The molecular formula is C25H30FN3O4. The predicted molar refractivity (Wildman–Crippen MR) is 123 cm³/mol. The fourth-order valence-electron chi connectivity index (χ4n) is 4.27. The van der Waals surface area contributed by atoms with E-state index in [1.54, 1.807) is 6.20 Å². The summed E-state index contributed by atoms with van der Waals surface area (Å²) in [4.78, 5) is 29.6. The van der Waals surface area contributed by atoms with E-state index in [1.807, 2.05) is 37.3 Å². The summed E-state index contributed by atoms with van der Waals surface area (Å²) in [5, 5.41) is 11.9. The van der Waals surface area contributed by atoms with Gasteiger partial charge in [0.15, 0.2) is 6.17 Å². The molecule has 33 heavy (non-hydrogen) atoms. The lowest BCUT2D eigenvalue weighted by molar-refractivity contribution is -0.138. The van der Waals surface area contributed by atoms with Crippen LogP contribution in [-0.4, -0.2) is 58.8 Å². The van der Waals surface area contributed by atoms with Crippen molar-refractivity contribution in [2.24, 2.45) is 11.3 Å². The molecule has 3 atom stereocenters. The first-order chi connectivity index (χ1) is 15.7. The third-order valence-corrected chi connectivity index (χ3v) is 6.60. The van der Waals surface area contributed by atoms with Crippen molar-refractivity contribution in [3.63, 3.8) is 0 Å². The molecule has 1 aromatic carbocycles. The van der Waals surface area contributed by atoms with Gasteiger partial charge in [-0.3, -0.25) is 9.59 Å². The van der Waals surface area contributed by atoms with Gasteiger partial charge in [-0.1, -0.05) is 19.9 Å². The smallest absolute Gasteiger partial charge is 0.248 e. The van der Waals surface area contributed by atoms with Gasteiger partial charge in [0.05, 0.1) is 6.54 Å². The quantitative estimate of drug-likeness (QED) is 0.697. The Labute approximate surface area is 193 Å². The molecule has 2 N–H and O–H groups in total. The summed E-state index contributed by atoms with van der Waals surface area (Å²) < 4.78 is 20.5. The zero-order chi connectivity index (χ0) is 23.8. The Kier molecular flexibility index (Phi) is 6.38. The molecule has 7 nitrogen and oxygen atoms in total. The molecule has 2 aliphatic rings. The Balaban J connectivity index is 1.42. The topological polar surface area (TPSA) is 91.8 Å². The maximum absolute atomic E-state index is 14.6. The van der Waals surface area contributed by atoms with Gasteiger partial charge in [0, 0.05) is 25.1 Å². The molecule has 1 aliphatic carbocycles. The lowest BCUT2D eigenvalue weighted by Gasteiger charge is -2.34. The van der Waals surface area contributed by atoms with Crippen molar-refractivity contribution >= 4 is 17.6 Å². The molecule has 1 saturated carbocycles. The number of ether oxygens (including phenoxy) is 1. The predicted octanol–water partition coefficient (Wildman–Crippen LogP) is 3.35. The van der Waals surface area contributed by atoms with Gasteiger partial charge in [-0.25, -0.2) is 9.37 Å². The van der Waals surface area contributed by atoms with Crippen LogP contribution in [0.2, 0.25) is 0 Å². The number of alkyl halides is 1. The summed E-state index contributed by atoms with van der Waals surface area (Å²) >= 11 is 0. The average molecular weight is 456 g/mol. The highest BCUT2D eigenvalue weighted by molar-refractivity contribution is 5.94. The second-order valence-electron chi connectivity index (χ2n) is 9.60. The number of anilines is 1. The number of amides is 2. The second-order valence-corrected chi connectivity index (χ2v) is 9.60. The van der Waals surface area contributed by atoms with Gasteiger partial charge in [0.1, 0.15) is 24.3 Å². The third kappa shape index (κ3) is 5.16. The Hall–Kier alpha value is -3.00. The normalized spacial score (nSPS) is 23.7. The molecule has 1 aromatic heterocycles. The highest BCUT2D eigenvalue weighted by atomic mass is 19.1. The zero-order valence-corrected chi connectivity index (χ0v) is 19.2. The number of aliphatic hydroxyl groups excluding tert-OH is 1. The van der Waals surface area contributed by atoms with Crippen LogP contribution in [0, 0.1) is 18.3 Å². The van der Waals surface area contributed by atoms with Gasteiger partial charge < -0.3 is 20.1 Å². The summed E-state index contributed by atoms with van der Waals surface area (Å²) in [6.45, 7) is 5.72. The summed E-state index contributed by atoms with van der Waals surface area (Å²) in [5.41, 5.74) is 2.75. The lowest BCUT2D eigenvalue weighted by Crippen LogP contribution is -2.50. The zero-order valence-electron chi connectivity index (χ0n) is 19.2. The molecule has 2 heterocycles. The maximum atomic E-state index is 14.6. The number of benzene rings is 1. The van der Waals surface area contributed by atoms with Gasteiger partial charge >= 0.3 is 0 Å². The van der Waals surface area contributed by atoms with E-state index >= 15 is 0 Å². The third-order valence-electron chi connectivity index (χ3n) is 6.60. The number of carbonyl (C=O) groups is 2. The Morgan fingerprint density at radius 2 is 2.00 bits per heavy atom. The SMILES string of the molecule is Cc1cc(-c2ccnc(NC(=O)[C@H]3CC3(C)C)c2)ccc1O[C@H]1CCN(C(=O)CO)C[C@H]1F. The van der Waals surface area contributed by atoms with Crippen molar-refractivity contribution in [3.8, 4) is 16.9 Å². The van der Waals surface area contributed by atoms with Crippen LogP contribution >= 0.6 is 0 Å². The molecule has 0 bridgehead atoms. The molecule has 2 fully saturated rings. The van der Waals surface area contributed by atoms with Gasteiger partial charge in [-0.05, 0) is 59.7 Å². The monoisotopic (exact) mass is 455 g/mol. The van der Waals surface area contributed by atoms with E-state index in [-0.39, 0.29) is 23.8 Å². The fourth-order valence-corrected chi connectivity index (χ4v) is 4.27. The Bertz CT molecular complexity index is 1060. The van der Waals surface area contributed by atoms with Crippen LogP contribution in [-0.2, 0) is 9.59 Å². The number of nitrogens with one attached hydrogen (secondary N) is 1. The minimum absolute atomic E-state index is 0.00269. The van der Waals surface area contributed by atoms with Crippen molar-refractivity contribution in [3.05, 3.63) is 42.1 Å². The molecule has 8 heteroatoms. The molecule has 1 saturated heterocycles. The van der Waals surface area contributed by atoms with Crippen LogP contribution in [0.5, 0.6) is 5.75 Å². The molecule has 1 aliphatic heterocycles. The van der Waals surface area contributed by atoms with Crippen LogP contribution in [0.15, 0.2) is 36.5 Å². The van der Waals surface area contributed by atoms with Crippen LogP contribution < -0.4 is 10.1 Å². The number of aromatic nitrogens is 1. The Morgan fingerprint density at radius 1 is 1.27 bits per heavy atom. The highest BCUT2D eigenvalue weighted by Crippen LogP contribution is 2.52. The maximum Gasteiger partial charge on any atom is 0.248 e. The molecule has 2 amide bonds. The van der Waals surface area contributed by atoms with E-state index in [0.717, 1.165) is 23.1 Å². The van der Waals surface area contributed by atoms with Crippen molar-refractivity contribution in [1.82, 2.24) is 9.88 Å². The molecule has 0 unspecified atom stereocenters. The van der Waals surface area contributed by atoms with E-state index in [9.17, 15) is 14.0 Å². The number of nitrogens with zero attached hydrogens (tertiary/aromatic N) is 2. The average Bonchev–Trinajstić information content (AvgIpc) is 3.44. The molecule has 4 rings (SSSR count). The standard InChI is InChI=1S/C25H30FN3O4/c1-15-10-16(17-6-8-27-22(11-17)28-24(32)18-12-25(18,2)3)4-5-20(15)33-21-7-9-29(13-19(21)26)23(31)14-30/h4-6,8,10-11,18-19,21,30H,7,9,12-14H2,1-3H3,(H,27,28,32)/t18-,19-,21+/m1/s1. The summed E-state index contributed by atoms with van der Waals surface area (Å²) in [5.74, 6) is 0.659. The summed E-state index contributed by atoms with van der Waals surface area (Å²) in [7, 11) is 0. The van der Waals surface area contributed by atoms with Gasteiger partial charge in [-0.2, -0.15) is 0 Å². The van der Waals surface area contributed by atoms with E-state index in [4.69, 9.17) is 9.84 Å². The molecular weight excluding hydrogens is 425 g/mol. The van der Waals surface area contributed by atoms with Crippen molar-refractivity contribution in [2.45, 2.75) is 45.9 Å². The molecule has 176 valence electrons. The fraction of sp³-hybridized carbons (Fsp3) is 0.480. The number of likely N-dealkylation sites (tertiary alicyclic amines) is 1. The number of carbonyl (C=O) groups excluding carboxylic acids is 2. The minimum Gasteiger partial charge on any atom is -0.487 e. The van der Waals surface area contributed by atoms with E-state index in [1.165, 1.54) is 4.90 Å². The number of aliphatic hydroxyl groups is 1. The highest BCUT2D eigenvalue weighted by Gasteiger charge is 2.50. The second kappa shape index (κ2) is 9.09. The number of hydrogen-bond donors (Lipinski definition) is 2. The van der Waals surface area contributed by atoms with Crippen LogP contribution in [0.4, 0.5) is 10.2 Å². The first-order valence-electron chi connectivity index (χ1n) is 11.3. The minimum atomic E-state index is -1.32. The molecule has 0 radical (unpaired) electrons. The largest absolute Gasteiger partial charge is 0.487 e.